The number of hydrogen-bond donors (Lipinski definition) is 3. The van der Waals surface area contributed by atoms with Crippen LogP contribution in [0.2, 0.25) is 0 Å². The second-order valence-electron chi connectivity index (χ2n) is 11.3. The molecule has 3 aliphatic rings. The van der Waals surface area contributed by atoms with E-state index in [0.29, 0.717) is 18.3 Å². The number of aliphatic hydroxyl groups is 3. The minimum atomic E-state index is -0.833. The fourth-order valence-corrected chi connectivity index (χ4v) is 6.90. The molecule has 0 aromatic rings. The zero-order chi connectivity index (χ0) is 22.1. The first-order chi connectivity index (χ1) is 14.0. The quantitative estimate of drug-likeness (QED) is 0.520. The molecule has 30 heavy (non-hydrogen) atoms. The van der Waals surface area contributed by atoms with Crippen LogP contribution in [0.15, 0.2) is 35.5 Å². The predicted molar refractivity (Wildman–Crippen MR) is 124 cm³/mol. The highest BCUT2D eigenvalue weighted by Crippen LogP contribution is 2.60. The van der Waals surface area contributed by atoms with Crippen LogP contribution in [-0.4, -0.2) is 33.1 Å². The van der Waals surface area contributed by atoms with Gasteiger partial charge in [0.05, 0.1) is 17.8 Å². The Morgan fingerprint density at radius 1 is 1.20 bits per heavy atom. The third-order valence-corrected chi connectivity index (χ3v) is 8.30. The molecule has 0 aromatic heterocycles. The maximum atomic E-state index is 11.5. The predicted octanol–water partition coefficient (Wildman–Crippen LogP) is 5.70. The Morgan fingerprint density at radius 3 is 2.63 bits per heavy atom. The lowest BCUT2D eigenvalue weighted by molar-refractivity contribution is -0.0867. The van der Waals surface area contributed by atoms with Crippen molar-refractivity contribution in [3.8, 4) is 0 Å². The molecule has 170 valence electrons. The van der Waals surface area contributed by atoms with Crippen LogP contribution < -0.4 is 0 Å². The molecule has 0 bridgehead atoms. The molecule has 0 aliphatic heterocycles. The van der Waals surface area contributed by atoms with Gasteiger partial charge in [0.25, 0.3) is 0 Å². The fraction of sp³-hybridized carbons (Fsp3) is 0.778. The molecule has 3 fully saturated rings. The van der Waals surface area contributed by atoms with Crippen molar-refractivity contribution in [2.45, 2.75) is 110 Å². The first-order valence-corrected chi connectivity index (χ1v) is 12.2. The van der Waals surface area contributed by atoms with Gasteiger partial charge in [-0.2, -0.15) is 0 Å². The Balaban J connectivity index is 1.77. The molecule has 3 rings (SSSR count). The van der Waals surface area contributed by atoms with Crippen LogP contribution in [0.5, 0.6) is 0 Å². The van der Waals surface area contributed by atoms with Gasteiger partial charge in [-0.15, -0.1) is 0 Å². The average molecular weight is 417 g/mol. The maximum absolute atomic E-state index is 11.5. The SMILES string of the molecule is C=C1CC[C@H](O)C/C1=C/C=C1\CCC[C@@]2(C)[C@H]1CC[C@@H]2[C@@](C)(O)C[C@H](O)CC(C)C. The summed E-state index contributed by atoms with van der Waals surface area (Å²) in [6.45, 7) is 12.8. The molecule has 3 nitrogen and oxygen atoms in total. The van der Waals surface area contributed by atoms with E-state index in [1.807, 2.05) is 6.92 Å². The molecule has 0 aromatic carbocycles. The molecule has 0 unspecified atom stereocenters. The van der Waals surface area contributed by atoms with Crippen molar-refractivity contribution >= 4 is 0 Å². The van der Waals surface area contributed by atoms with Gasteiger partial charge in [-0.1, -0.05) is 50.6 Å². The average Bonchev–Trinajstić information content (AvgIpc) is 2.99. The molecule has 3 N–H and O–H groups in total. The third-order valence-electron chi connectivity index (χ3n) is 8.30. The second kappa shape index (κ2) is 9.30. The number of allylic oxidation sites excluding steroid dienone is 4. The summed E-state index contributed by atoms with van der Waals surface area (Å²) in [5.74, 6) is 1.16. The van der Waals surface area contributed by atoms with E-state index in [-0.39, 0.29) is 17.4 Å². The number of rotatable bonds is 6. The minimum absolute atomic E-state index is 0.0900. The van der Waals surface area contributed by atoms with Crippen molar-refractivity contribution in [3.63, 3.8) is 0 Å². The molecule has 0 heterocycles. The molecule has 0 amide bonds. The maximum Gasteiger partial charge on any atom is 0.0677 e. The second-order valence-corrected chi connectivity index (χ2v) is 11.3. The van der Waals surface area contributed by atoms with Gasteiger partial charge in [0.2, 0.25) is 0 Å². The highest BCUT2D eigenvalue weighted by molar-refractivity contribution is 5.36. The number of aliphatic hydroxyl groups excluding tert-OH is 2. The highest BCUT2D eigenvalue weighted by atomic mass is 16.3. The summed E-state index contributed by atoms with van der Waals surface area (Å²) >= 11 is 0. The van der Waals surface area contributed by atoms with Gasteiger partial charge in [0.1, 0.15) is 0 Å². The van der Waals surface area contributed by atoms with Crippen molar-refractivity contribution in [1.82, 2.24) is 0 Å². The van der Waals surface area contributed by atoms with E-state index in [2.05, 4.69) is 39.5 Å². The van der Waals surface area contributed by atoms with Crippen LogP contribution in [0.1, 0.15) is 91.9 Å². The molecule has 3 heteroatoms. The summed E-state index contributed by atoms with van der Waals surface area (Å²) in [5.41, 5.74) is 3.13. The van der Waals surface area contributed by atoms with Crippen LogP contribution in [0.3, 0.4) is 0 Å². The van der Waals surface area contributed by atoms with E-state index in [1.165, 1.54) is 16.7 Å². The topological polar surface area (TPSA) is 60.7 Å². The Kier molecular flexibility index (Phi) is 7.37. The summed E-state index contributed by atoms with van der Waals surface area (Å²) in [6, 6.07) is 0. The Labute approximate surface area is 184 Å². The first-order valence-electron chi connectivity index (χ1n) is 12.2. The Hall–Kier alpha value is -0.900. The molecule has 3 saturated carbocycles. The summed E-state index contributed by atoms with van der Waals surface area (Å²) in [7, 11) is 0. The van der Waals surface area contributed by atoms with Crippen molar-refractivity contribution in [1.29, 1.82) is 0 Å². The van der Waals surface area contributed by atoms with Crippen molar-refractivity contribution in [2.24, 2.45) is 23.2 Å². The lowest BCUT2D eigenvalue weighted by Gasteiger charge is -2.47. The van der Waals surface area contributed by atoms with Gasteiger partial charge >= 0.3 is 0 Å². The van der Waals surface area contributed by atoms with Gasteiger partial charge in [-0.25, -0.2) is 0 Å². The van der Waals surface area contributed by atoms with E-state index in [0.717, 1.165) is 57.8 Å². The summed E-state index contributed by atoms with van der Waals surface area (Å²) in [4.78, 5) is 0. The zero-order valence-corrected chi connectivity index (χ0v) is 19.7. The van der Waals surface area contributed by atoms with Crippen molar-refractivity contribution in [2.75, 3.05) is 0 Å². The third kappa shape index (κ3) is 5.11. The molecule has 0 spiro atoms. The smallest absolute Gasteiger partial charge is 0.0677 e. The Morgan fingerprint density at radius 2 is 1.93 bits per heavy atom. The standard InChI is InChI=1S/C27H44O3/c1-18(2)15-23(29)17-27(5,30)25-13-12-24-20(7-6-14-26(24,25)4)9-10-21-16-22(28)11-8-19(21)3/h9-10,18,22-25,28-30H,3,6-8,11-17H2,1-2,4-5H3/b20-9+,21-10-/t22-,23+,24-,25-,26-,27-/m0/s1. The van der Waals surface area contributed by atoms with E-state index >= 15 is 0 Å². The first kappa shape index (κ1) is 23.8. The monoisotopic (exact) mass is 416 g/mol. The van der Waals surface area contributed by atoms with Crippen LogP contribution >= 0.6 is 0 Å². The highest BCUT2D eigenvalue weighted by Gasteiger charge is 2.55. The lowest BCUT2D eigenvalue weighted by atomic mass is 9.59. The minimum Gasteiger partial charge on any atom is -0.393 e. The summed E-state index contributed by atoms with van der Waals surface area (Å²) in [5, 5.41) is 32.0. The summed E-state index contributed by atoms with van der Waals surface area (Å²) < 4.78 is 0. The molecule has 6 atom stereocenters. The van der Waals surface area contributed by atoms with Gasteiger partial charge < -0.3 is 15.3 Å². The van der Waals surface area contributed by atoms with Crippen LogP contribution in [-0.2, 0) is 0 Å². The van der Waals surface area contributed by atoms with Gasteiger partial charge in [0.15, 0.2) is 0 Å². The largest absolute Gasteiger partial charge is 0.393 e. The van der Waals surface area contributed by atoms with E-state index in [1.54, 1.807) is 0 Å². The molecular weight excluding hydrogens is 372 g/mol. The van der Waals surface area contributed by atoms with Crippen LogP contribution in [0.4, 0.5) is 0 Å². The van der Waals surface area contributed by atoms with E-state index in [9.17, 15) is 15.3 Å². The number of hydrogen-bond acceptors (Lipinski definition) is 3. The van der Waals surface area contributed by atoms with Crippen molar-refractivity contribution in [3.05, 3.63) is 35.5 Å². The zero-order valence-electron chi connectivity index (χ0n) is 19.7. The van der Waals surface area contributed by atoms with Gasteiger partial charge in [-0.05, 0) is 93.5 Å². The van der Waals surface area contributed by atoms with Crippen molar-refractivity contribution < 1.29 is 15.3 Å². The fourth-order valence-electron chi connectivity index (χ4n) is 6.90. The normalized spacial score (nSPS) is 38.1. The molecule has 0 radical (unpaired) electrons. The molecular formula is C27H44O3. The van der Waals surface area contributed by atoms with E-state index < -0.39 is 11.7 Å². The summed E-state index contributed by atoms with van der Waals surface area (Å²) in [6.07, 6.45) is 13.1. The molecule has 3 aliphatic carbocycles. The van der Waals surface area contributed by atoms with Crippen LogP contribution in [0.25, 0.3) is 0 Å². The Bertz CT molecular complexity index is 686. The van der Waals surface area contributed by atoms with E-state index in [4.69, 9.17) is 0 Å². The molecule has 0 saturated heterocycles. The van der Waals surface area contributed by atoms with Gasteiger partial charge in [0, 0.05) is 6.42 Å². The lowest BCUT2D eigenvalue weighted by Crippen LogP contribution is -2.47. The van der Waals surface area contributed by atoms with Gasteiger partial charge in [-0.3, -0.25) is 0 Å². The van der Waals surface area contributed by atoms with Crippen LogP contribution in [0, 0.1) is 23.2 Å². The number of fused-ring (bicyclic) bond motifs is 1.